The Morgan fingerprint density at radius 2 is 1.66 bits per heavy atom. The van der Waals surface area contributed by atoms with Crippen LogP contribution in [-0.4, -0.2) is 61.4 Å². The highest BCUT2D eigenvalue weighted by atomic mass is 35.5. The third-order valence-corrected chi connectivity index (χ3v) is 9.09. The molecule has 12 heteroatoms. The second kappa shape index (κ2) is 12.0. The molecule has 3 aromatic carbocycles. The standard InChI is InChI=1S/C32H28Cl3N3O6/c1-18(17-36-28(39)26-22(34)15-19(16-23(26)35)29(40)37-11-13-43-14-12-37)30(41)44-25-8-3-2-7-24(25)38-27-20(5-4-6-21(27)33)32(9-10-32)31(38)42/h2-8,15-16,18H,9-14,17H2,1H3,(H,36,39)/t18-/m0/s1. The average molecular weight is 657 g/mol. The number of amides is 3. The zero-order valence-electron chi connectivity index (χ0n) is 23.7. The van der Waals surface area contributed by atoms with E-state index < -0.39 is 23.2 Å². The zero-order valence-corrected chi connectivity index (χ0v) is 26.0. The Hall–Kier alpha value is -3.63. The minimum atomic E-state index is -0.772. The number of hydrogen-bond acceptors (Lipinski definition) is 6. The second-order valence-electron chi connectivity index (χ2n) is 11.1. The van der Waals surface area contributed by atoms with E-state index in [9.17, 15) is 19.2 Å². The van der Waals surface area contributed by atoms with Gasteiger partial charge in [-0.3, -0.25) is 24.1 Å². The molecule has 1 saturated heterocycles. The van der Waals surface area contributed by atoms with Crippen LogP contribution in [0.25, 0.3) is 0 Å². The van der Waals surface area contributed by atoms with Crippen molar-refractivity contribution in [1.82, 2.24) is 10.2 Å². The molecule has 1 spiro atoms. The Kier molecular flexibility index (Phi) is 8.32. The van der Waals surface area contributed by atoms with Crippen molar-refractivity contribution < 1.29 is 28.7 Å². The van der Waals surface area contributed by atoms with Gasteiger partial charge in [0.05, 0.1) is 56.6 Å². The van der Waals surface area contributed by atoms with Gasteiger partial charge in [0.25, 0.3) is 11.8 Å². The number of carbonyl (C=O) groups excluding carboxylic acids is 4. The summed E-state index contributed by atoms with van der Waals surface area (Å²) in [5.41, 5.74) is 1.56. The molecule has 0 unspecified atom stereocenters. The van der Waals surface area contributed by atoms with E-state index in [4.69, 9.17) is 44.3 Å². The van der Waals surface area contributed by atoms with E-state index in [1.54, 1.807) is 42.2 Å². The Balaban J connectivity index is 1.13. The number of esters is 1. The second-order valence-corrected chi connectivity index (χ2v) is 12.3. The Bertz CT molecular complexity index is 1660. The van der Waals surface area contributed by atoms with Crippen molar-refractivity contribution in [1.29, 1.82) is 0 Å². The smallest absolute Gasteiger partial charge is 0.315 e. The zero-order chi connectivity index (χ0) is 31.2. The maximum Gasteiger partial charge on any atom is 0.315 e. The molecule has 0 radical (unpaired) electrons. The fourth-order valence-corrected chi connectivity index (χ4v) is 6.53. The number of fused-ring (bicyclic) bond motifs is 2. The first-order chi connectivity index (χ1) is 21.1. The summed E-state index contributed by atoms with van der Waals surface area (Å²) in [4.78, 5) is 55.8. The molecule has 1 saturated carbocycles. The Morgan fingerprint density at radius 3 is 2.34 bits per heavy atom. The van der Waals surface area contributed by atoms with Gasteiger partial charge in [-0.1, -0.05) is 66.0 Å². The van der Waals surface area contributed by atoms with Crippen molar-refractivity contribution in [2.45, 2.75) is 25.2 Å². The third-order valence-electron chi connectivity index (χ3n) is 8.19. The summed E-state index contributed by atoms with van der Waals surface area (Å²) in [5, 5.41) is 3.14. The molecule has 228 valence electrons. The molecular weight excluding hydrogens is 629 g/mol. The fourth-order valence-electron chi connectivity index (χ4n) is 5.61. The molecule has 44 heavy (non-hydrogen) atoms. The number of para-hydroxylation sites is 3. The number of nitrogens with one attached hydrogen (secondary N) is 1. The lowest BCUT2D eigenvalue weighted by Crippen LogP contribution is -2.40. The van der Waals surface area contributed by atoms with Gasteiger partial charge in [-0.2, -0.15) is 0 Å². The van der Waals surface area contributed by atoms with Crippen LogP contribution in [0.2, 0.25) is 15.1 Å². The molecule has 3 amide bonds. The molecule has 9 nitrogen and oxygen atoms in total. The van der Waals surface area contributed by atoms with Crippen molar-refractivity contribution in [3.05, 3.63) is 86.4 Å². The van der Waals surface area contributed by atoms with E-state index >= 15 is 0 Å². The normalized spacial score (nSPS) is 17.3. The molecule has 0 aromatic heterocycles. The number of anilines is 2. The van der Waals surface area contributed by atoms with E-state index in [1.807, 2.05) is 12.1 Å². The highest BCUT2D eigenvalue weighted by molar-refractivity contribution is 6.40. The maximum atomic E-state index is 13.6. The minimum absolute atomic E-state index is 0.00475. The van der Waals surface area contributed by atoms with Crippen molar-refractivity contribution >= 4 is 69.9 Å². The van der Waals surface area contributed by atoms with E-state index in [1.165, 1.54) is 17.0 Å². The number of halogens is 3. The number of nitrogens with zero attached hydrogens (tertiary/aromatic N) is 2. The largest absolute Gasteiger partial charge is 0.424 e. The van der Waals surface area contributed by atoms with Gasteiger partial charge in [0.2, 0.25) is 5.91 Å². The molecule has 6 rings (SSSR count). The quantitative estimate of drug-likeness (QED) is 0.255. The van der Waals surface area contributed by atoms with Gasteiger partial charge < -0.3 is 19.7 Å². The van der Waals surface area contributed by atoms with E-state index in [0.29, 0.717) is 42.7 Å². The SMILES string of the molecule is C[C@@H](CNC(=O)c1c(Cl)cc(C(=O)N2CCOCC2)cc1Cl)C(=O)Oc1ccccc1N1C(=O)C2(CC2)c2cccc(Cl)c21. The summed E-state index contributed by atoms with van der Waals surface area (Å²) in [5.74, 6) is -2.15. The summed E-state index contributed by atoms with van der Waals surface area (Å²) < 4.78 is 11.1. The van der Waals surface area contributed by atoms with Gasteiger partial charge >= 0.3 is 5.97 Å². The van der Waals surface area contributed by atoms with Crippen LogP contribution < -0.4 is 15.0 Å². The topological polar surface area (TPSA) is 105 Å². The predicted octanol–water partition coefficient (Wildman–Crippen LogP) is 5.80. The van der Waals surface area contributed by atoms with Crippen LogP contribution in [0.3, 0.4) is 0 Å². The minimum Gasteiger partial charge on any atom is -0.424 e. The van der Waals surface area contributed by atoms with Crippen molar-refractivity contribution in [2.24, 2.45) is 5.92 Å². The van der Waals surface area contributed by atoms with Crippen LogP contribution in [0, 0.1) is 5.92 Å². The van der Waals surface area contributed by atoms with Gasteiger partial charge in [0.15, 0.2) is 5.75 Å². The van der Waals surface area contributed by atoms with Crippen molar-refractivity contribution in [3.63, 3.8) is 0 Å². The highest BCUT2D eigenvalue weighted by Gasteiger charge is 2.60. The first-order valence-electron chi connectivity index (χ1n) is 14.2. The van der Waals surface area contributed by atoms with Crippen molar-refractivity contribution in [2.75, 3.05) is 37.7 Å². The monoisotopic (exact) mass is 655 g/mol. The van der Waals surface area contributed by atoms with Crippen LogP contribution in [0.1, 0.15) is 46.0 Å². The van der Waals surface area contributed by atoms with Gasteiger partial charge in [-0.15, -0.1) is 0 Å². The molecule has 0 bridgehead atoms. The van der Waals surface area contributed by atoms with E-state index in [2.05, 4.69) is 5.32 Å². The summed E-state index contributed by atoms with van der Waals surface area (Å²) in [6, 6.07) is 15.1. The van der Waals surface area contributed by atoms with Gasteiger partial charge in [0, 0.05) is 25.2 Å². The molecule has 3 aliphatic rings. The highest BCUT2D eigenvalue weighted by Crippen LogP contribution is 2.61. The predicted molar refractivity (Wildman–Crippen MR) is 166 cm³/mol. The molecule has 2 heterocycles. The fraction of sp³-hybridized carbons (Fsp3) is 0.312. The van der Waals surface area contributed by atoms with Crippen LogP contribution in [0.5, 0.6) is 5.75 Å². The van der Waals surface area contributed by atoms with Crippen molar-refractivity contribution in [3.8, 4) is 5.75 Å². The summed E-state index contributed by atoms with van der Waals surface area (Å²) in [6.45, 7) is 3.31. The lowest BCUT2D eigenvalue weighted by Gasteiger charge is -2.27. The first kappa shape index (κ1) is 30.4. The van der Waals surface area contributed by atoms with Gasteiger partial charge in [-0.25, -0.2) is 0 Å². The number of rotatable bonds is 7. The molecule has 1 N–H and O–H groups in total. The molecule has 2 fully saturated rings. The molecule has 1 aliphatic carbocycles. The maximum absolute atomic E-state index is 13.6. The summed E-state index contributed by atoms with van der Waals surface area (Å²) >= 11 is 19.3. The van der Waals surface area contributed by atoms with Crippen LogP contribution >= 0.6 is 34.8 Å². The number of hydrogen-bond donors (Lipinski definition) is 1. The van der Waals surface area contributed by atoms with E-state index in [-0.39, 0.29) is 45.3 Å². The first-order valence-corrected chi connectivity index (χ1v) is 15.3. The van der Waals surface area contributed by atoms with Gasteiger partial charge in [0.1, 0.15) is 0 Å². The molecule has 1 atom stereocenters. The van der Waals surface area contributed by atoms with Crippen LogP contribution in [0.15, 0.2) is 54.6 Å². The number of benzene rings is 3. The molecule has 3 aromatic rings. The van der Waals surface area contributed by atoms with Crippen LogP contribution in [-0.2, 0) is 19.7 Å². The van der Waals surface area contributed by atoms with Gasteiger partial charge in [-0.05, 0) is 48.7 Å². The third kappa shape index (κ3) is 5.43. The number of ether oxygens (including phenoxy) is 2. The van der Waals surface area contributed by atoms with Crippen LogP contribution in [0.4, 0.5) is 11.4 Å². The average Bonchev–Trinajstić information content (AvgIpc) is 3.78. The number of morpholine rings is 1. The molecular formula is C32H28Cl3N3O6. The lowest BCUT2D eigenvalue weighted by atomic mass is 9.98. The van der Waals surface area contributed by atoms with E-state index in [0.717, 1.165) is 18.4 Å². The summed E-state index contributed by atoms with van der Waals surface area (Å²) in [7, 11) is 0. The number of carbonyl (C=O) groups is 4. The Morgan fingerprint density at radius 1 is 0.977 bits per heavy atom. The Labute approximate surface area is 268 Å². The lowest BCUT2D eigenvalue weighted by molar-refractivity contribution is -0.138. The molecule has 2 aliphatic heterocycles. The summed E-state index contributed by atoms with van der Waals surface area (Å²) in [6.07, 6.45) is 1.46.